The fraction of sp³-hybridized carbons (Fsp3) is 0.400. The third-order valence-electron chi connectivity index (χ3n) is 5.59. The van der Waals surface area contributed by atoms with Crippen LogP contribution in [0, 0.1) is 0 Å². The average Bonchev–Trinajstić information content (AvgIpc) is 3.01. The lowest BCUT2D eigenvalue weighted by Crippen LogP contribution is -2.46. The Kier molecular flexibility index (Phi) is 3.34. The molecule has 3 heteroatoms. The van der Waals surface area contributed by atoms with Crippen molar-refractivity contribution in [2.24, 2.45) is 0 Å². The number of nitrogens with zero attached hydrogens (tertiary/aromatic N) is 2. The van der Waals surface area contributed by atoms with Crippen LogP contribution in [0.25, 0.3) is 0 Å². The summed E-state index contributed by atoms with van der Waals surface area (Å²) in [5.74, 6) is 0.958. The molecule has 2 aliphatic heterocycles. The highest BCUT2D eigenvalue weighted by Crippen LogP contribution is 2.52. The van der Waals surface area contributed by atoms with Crippen molar-refractivity contribution in [3.05, 3.63) is 59.7 Å². The molecule has 0 aromatic heterocycles. The zero-order chi connectivity index (χ0) is 16.0. The molecule has 1 saturated heterocycles. The van der Waals surface area contributed by atoms with Crippen LogP contribution in [0.15, 0.2) is 48.5 Å². The van der Waals surface area contributed by atoms with Crippen molar-refractivity contribution >= 4 is 5.69 Å². The number of hydrogen-bond donors (Lipinski definition) is 0. The van der Waals surface area contributed by atoms with E-state index in [1.165, 1.54) is 23.2 Å². The number of ether oxygens (including phenoxy) is 1. The second-order valence-electron chi connectivity index (χ2n) is 7.02. The molecule has 0 spiro atoms. The standard InChI is InChI=1S/C20H24N2O/c1-20-11-12-21(2)19(20)22(14-15-7-5-4-6-8-15)18-10-9-16(23-3)13-17(18)20/h4-10,13,19H,11-12,14H2,1-3H3. The van der Waals surface area contributed by atoms with Crippen LogP contribution in [0.4, 0.5) is 5.69 Å². The lowest BCUT2D eigenvalue weighted by Gasteiger charge is -2.35. The molecule has 0 bridgehead atoms. The van der Waals surface area contributed by atoms with Crippen LogP contribution in [-0.2, 0) is 12.0 Å². The van der Waals surface area contributed by atoms with Gasteiger partial charge in [-0.2, -0.15) is 0 Å². The van der Waals surface area contributed by atoms with E-state index in [-0.39, 0.29) is 5.41 Å². The molecule has 1 fully saturated rings. The number of hydrogen-bond acceptors (Lipinski definition) is 3. The molecule has 2 aromatic rings. The molecule has 0 saturated carbocycles. The first kappa shape index (κ1) is 14.6. The molecule has 2 unspecified atom stereocenters. The summed E-state index contributed by atoms with van der Waals surface area (Å²) in [6, 6.07) is 17.3. The summed E-state index contributed by atoms with van der Waals surface area (Å²) < 4.78 is 5.48. The van der Waals surface area contributed by atoms with Crippen LogP contribution < -0.4 is 9.64 Å². The van der Waals surface area contributed by atoms with Gasteiger partial charge in [0.2, 0.25) is 0 Å². The molecular weight excluding hydrogens is 284 g/mol. The van der Waals surface area contributed by atoms with Gasteiger partial charge in [-0.25, -0.2) is 0 Å². The Labute approximate surface area is 138 Å². The van der Waals surface area contributed by atoms with Crippen molar-refractivity contribution in [2.45, 2.75) is 31.5 Å². The van der Waals surface area contributed by atoms with Crippen molar-refractivity contribution in [3.63, 3.8) is 0 Å². The summed E-state index contributed by atoms with van der Waals surface area (Å²) in [6.07, 6.45) is 1.62. The first-order chi connectivity index (χ1) is 11.1. The number of likely N-dealkylation sites (N-methyl/N-ethyl adjacent to an activating group) is 1. The summed E-state index contributed by atoms with van der Waals surface area (Å²) in [4.78, 5) is 5.06. The summed E-state index contributed by atoms with van der Waals surface area (Å²) >= 11 is 0. The Hall–Kier alpha value is -2.00. The van der Waals surface area contributed by atoms with Gasteiger partial charge in [0.15, 0.2) is 0 Å². The summed E-state index contributed by atoms with van der Waals surface area (Å²) in [7, 11) is 4.00. The maximum absolute atomic E-state index is 5.48. The van der Waals surface area contributed by atoms with Crippen LogP contribution >= 0.6 is 0 Å². The van der Waals surface area contributed by atoms with E-state index in [0.29, 0.717) is 6.17 Å². The predicted molar refractivity (Wildman–Crippen MR) is 94.0 cm³/mol. The number of fused-ring (bicyclic) bond motifs is 3. The van der Waals surface area contributed by atoms with E-state index >= 15 is 0 Å². The third kappa shape index (κ3) is 2.14. The Morgan fingerprint density at radius 3 is 2.70 bits per heavy atom. The Bertz CT molecular complexity index is 715. The Morgan fingerprint density at radius 1 is 1.17 bits per heavy atom. The van der Waals surface area contributed by atoms with Crippen molar-refractivity contribution in [2.75, 3.05) is 25.6 Å². The molecule has 4 rings (SSSR count). The van der Waals surface area contributed by atoms with Crippen LogP contribution in [0.1, 0.15) is 24.5 Å². The summed E-state index contributed by atoms with van der Waals surface area (Å²) in [6.45, 7) is 4.50. The monoisotopic (exact) mass is 308 g/mol. The summed E-state index contributed by atoms with van der Waals surface area (Å²) in [5.41, 5.74) is 4.32. The fourth-order valence-corrected chi connectivity index (χ4v) is 4.44. The number of likely N-dealkylation sites (tertiary alicyclic amines) is 1. The topological polar surface area (TPSA) is 15.7 Å². The molecule has 0 radical (unpaired) electrons. The minimum Gasteiger partial charge on any atom is -0.497 e. The predicted octanol–water partition coefficient (Wildman–Crippen LogP) is 3.63. The quantitative estimate of drug-likeness (QED) is 0.861. The normalized spacial score (nSPS) is 26.2. The second-order valence-corrected chi connectivity index (χ2v) is 7.02. The van der Waals surface area contributed by atoms with Gasteiger partial charge in [-0.05, 0) is 42.8 Å². The van der Waals surface area contributed by atoms with Crippen molar-refractivity contribution < 1.29 is 4.74 Å². The molecule has 0 N–H and O–H groups in total. The fourth-order valence-electron chi connectivity index (χ4n) is 4.44. The van der Waals surface area contributed by atoms with Gasteiger partial charge in [0.25, 0.3) is 0 Å². The maximum Gasteiger partial charge on any atom is 0.119 e. The van der Waals surface area contributed by atoms with Crippen LogP contribution in [0.3, 0.4) is 0 Å². The van der Waals surface area contributed by atoms with Crippen molar-refractivity contribution in [3.8, 4) is 5.75 Å². The highest BCUT2D eigenvalue weighted by Gasteiger charge is 2.53. The molecular formula is C20H24N2O. The molecule has 2 heterocycles. The number of methoxy groups -OCH3 is 1. The molecule has 3 nitrogen and oxygen atoms in total. The van der Waals surface area contributed by atoms with E-state index < -0.39 is 0 Å². The molecule has 0 aliphatic carbocycles. The van der Waals surface area contributed by atoms with E-state index in [0.717, 1.165) is 18.8 Å². The molecule has 2 atom stereocenters. The molecule has 23 heavy (non-hydrogen) atoms. The summed E-state index contributed by atoms with van der Waals surface area (Å²) in [5, 5.41) is 0. The van der Waals surface area contributed by atoms with Gasteiger partial charge in [0, 0.05) is 24.2 Å². The first-order valence-electron chi connectivity index (χ1n) is 8.33. The SMILES string of the molecule is COc1ccc2c(c1)C1(C)CCN(C)C1N2Cc1ccccc1. The lowest BCUT2D eigenvalue weighted by molar-refractivity contribution is 0.259. The van der Waals surface area contributed by atoms with Crippen LogP contribution in [-0.4, -0.2) is 31.8 Å². The van der Waals surface area contributed by atoms with Gasteiger partial charge in [-0.1, -0.05) is 37.3 Å². The third-order valence-corrected chi connectivity index (χ3v) is 5.59. The van der Waals surface area contributed by atoms with Gasteiger partial charge in [0.1, 0.15) is 5.75 Å². The van der Waals surface area contributed by atoms with Gasteiger partial charge >= 0.3 is 0 Å². The van der Waals surface area contributed by atoms with E-state index in [2.05, 4.69) is 72.3 Å². The zero-order valence-electron chi connectivity index (χ0n) is 14.1. The maximum atomic E-state index is 5.48. The smallest absolute Gasteiger partial charge is 0.119 e. The Morgan fingerprint density at radius 2 is 1.96 bits per heavy atom. The molecule has 2 aliphatic rings. The van der Waals surface area contributed by atoms with Gasteiger partial charge in [-0.3, -0.25) is 4.90 Å². The highest BCUT2D eigenvalue weighted by atomic mass is 16.5. The first-order valence-corrected chi connectivity index (χ1v) is 8.33. The molecule has 2 aromatic carbocycles. The van der Waals surface area contributed by atoms with Crippen molar-refractivity contribution in [1.29, 1.82) is 0 Å². The minimum atomic E-state index is 0.174. The van der Waals surface area contributed by atoms with Crippen molar-refractivity contribution in [1.82, 2.24) is 4.90 Å². The minimum absolute atomic E-state index is 0.174. The van der Waals surface area contributed by atoms with Gasteiger partial charge in [0.05, 0.1) is 13.3 Å². The zero-order valence-corrected chi connectivity index (χ0v) is 14.1. The number of rotatable bonds is 3. The lowest BCUT2D eigenvalue weighted by atomic mass is 9.81. The van der Waals surface area contributed by atoms with E-state index in [1.807, 2.05) is 0 Å². The number of benzene rings is 2. The van der Waals surface area contributed by atoms with Crippen LogP contribution in [0.2, 0.25) is 0 Å². The van der Waals surface area contributed by atoms with E-state index in [9.17, 15) is 0 Å². The van der Waals surface area contributed by atoms with Gasteiger partial charge in [-0.15, -0.1) is 0 Å². The van der Waals surface area contributed by atoms with Crippen LogP contribution in [0.5, 0.6) is 5.75 Å². The highest BCUT2D eigenvalue weighted by molar-refractivity contribution is 5.66. The Balaban J connectivity index is 1.80. The van der Waals surface area contributed by atoms with Gasteiger partial charge < -0.3 is 9.64 Å². The number of anilines is 1. The van der Waals surface area contributed by atoms with E-state index in [1.54, 1.807) is 7.11 Å². The van der Waals surface area contributed by atoms with E-state index in [4.69, 9.17) is 4.74 Å². The second kappa shape index (κ2) is 5.27. The average molecular weight is 308 g/mol. The molecule has 0 amide bonds. The molecule has 120 valence electrons. The largest absolute Gasteiger partial charge is 0.497 e.